The van der Waals surface area contributed by atoms with Crippen LogP contribution in [0.2, 0.25) is 0 Å². The molecule has 0 bridgehead atoms. The van der Waals surface area contributed by atoms with Gasteiger partial charge in [0, 0.05) is 30.0 Å². The lowest BCUT2D eigenvalue weighted by Crippen LogP contribution is -2.47. The quantitative estimate of drug-likeness (QED) is 0.738. The summed E-state index contributed by atoms with van der Waals surface area (Å²) in [4.78, 5) is 19.3. The van der Waals surface area contributed by atoms with Gasteiger partial charge in [-0.25, -0.2) is 0 Å². The highest BCUT2D eigenvalue weighted by molar-refractivity contribution is 5.56. The normalized spacial score (nSPS) is 11.7. The Kier molecular flexibility index (Phi) is 4.98. The van der Waals surface area contributed by atoms with E-state index in [1.165, 1.54) is 0 Å². The predicted molar refractivity (Wildman–Crippen MR) is 86.2 cm³/mol. The van der Waals surface area contributed by atoms with E-state index in [4.69, 9.17) is 4.42 Å². The van der Waals surface area contributed by atoms with Gasteiger partial charge in [-0.1, -0.05) is 0 Å². The van der Waals surface area contributed by atoms with Gasteiger partial charge < -0.3 is 14.2 Å². The van der Waals surface area contributed by atoms with Crippen molar-refractivity contribution in [2.24, 2.45) is 0 Å². The van der Waals surface area contributed by atoms with Crippen LogP contribution in [0.4, 0.5) is 0 Å². The maximum absolute atomic E-state index is 11.3. The van der Waals surface area contributed by atoms with Crippen molar-refractivity contribution in [3.05, 3.63) is 42.4 Å². The molecule has 0 radical (unpaired) electrons. The Balaban J connectivity index is 2.06. The number of carbonyl (C=O) groups is 1. The molecule has 5 nitrogen and oxygen atoms in total. The number of nitrogens with zero attached hydrogens (tertiary/aromatic N) is 3. The molecule has 1 amide bonds. The summed E-state index contributed by atoms with van der Waals surface area (Å²) in [6, 6.07) is 7.63. The molecular weight excluding hydrogens is 278 g/mol. The number of carbonyl (C=O) groups excluding carboxylic acids is 1. The minimum absolute atomic E-state index is 0.0975. The zero-order valence-electron chi connectivity index (χ0n) is 13.6. The number of furan rings is 1. The molecule has 0 saturated heterocycles. The van der Waals surface area contributed by atoms with Crippen LogP contribution in [0, 0.1) is 0 Å². The Labute approximate surface area is 131 Å². The maximum atomic E-state index is 11.3. The summed E-state index contributed by atoms with van der Waals surface area (Å²) in [6.45, 7) is 5.30. The lowest BCUT2D eigenvalue weighted by Gasteiger charge is -2.36. The molecule has 0 N–H and O–H groups in total. The molecular formula is C17H23N3O2. The molecule has 0 fully saturated rings. The topological polar surface area (TPSA) is 49.6 Å². The lowest BCUT2D eigenvalue weighted by molar-refractivity contribution is -0.120. The predicted octanol–water partition coefficient (Wildman–Crippen LogP) is 2.64. The minimum Gasteiger partial charge on any atom is -0.459 e. The third kappa shape index (κ3) is 3.95. The molecule has 0 unspecified atom stereocenters. The van der Waals surface area contributed by atoms with Gasteiger partial charge in [0.05, 0.1) is 6.54 Å². The van der Waals surface area contributed by atoms with E-state index in [1.807, 2.05) is 38.4 Å². The van der Waals surface area contributed by atoms with Crippen molar-refractivity contribution in [1.82, 2.24) is 14.8 Å². The average Bonchev–Trinajstić information content (AvgIpc) is 2.95. The summed E-state index contributed by atoms with van der Waals surface area (Å²) in [5, 5.41) is 0. The van der Waals surface area contributed by atoms with E-state index in [0.29, 0.717) is 13.1 Å². The van der Waals surface area contributed by atoms with Crippen LogP contribution < -0.4 is 0 Å². The molecule has 22 heavy (non-hydrogen) atoms. The molecule has 0 aliphatic carbocycles. The second kappa shape index (κ2) is 6.75. The van der Waals surface area contributed by atoms with Crippen molar-refractivity contribution >= 4 is 6.41 Å². The fraction of sp³-hybridized carbons (Fsp3) is 0.412. The van der Waals surface area contributed by atoms with Gasteiger partial charge in [-0.05, 0) is 52.2 Å². The van der Waals surface area contributed by atoms with Crippen LogP contribution >= 0.6 is 0 Å². The Morgan fingerprint density at radius 3 is 2.64 bits per heavy atom. The zero-order valence-corrected chi connectivity index (χ0v) is 13.6. The van der Waals surface area contributed by atoms with Crippen molar-refractivity contribution in [2.75, 3.05) is 20.6 Å². The SMILES string of the molecule is CN(C)C(C)(C)CN(C=O)Cc1ccc(-c2cccnc2)o1. The second-order valence-electron chi connectivity index (χ2n) is 6.22. The van der Waals surface area contributed by atoms with Crippen LogP contribution in [0.1, 0.15) is 19.6 Å². The number of likely N-dealkylation sites (N-methyl/N-ethyl adjacent to an activating group) is 1. The van der Waals surface area contributed by atoms with Crippen LogP contribution in [-0.4, -0.2) is 47.4 Å². The highest BCUT2D eigenvalue weighted by Gasteiger charge is 2.24. The number of hydrogen-bond acceptors (Lipinski definition) is 4. The van der Waals surface area contributed by atoms with Gasteiger partial charge in [-0.3, -0.25) is 9.78 Å². The Morgan fingerprint density at radius 2 is 2.05 bits per heavy atom. The van der Waals surface area contributed by atoms with E-state index in [1.54, 1.807) is 17.3 Å². The van der Waals surface area contributed by atoms with E-state index in [0.717, 1.165) is 23.5 Å². The number of amides is 1. The van der Waals surface area contributed by atoms with Crippen molar-refractivity contribution in [3.8, 4) is 11.3 Å². The molecule has 2 heterocycles. The molecule has 0 aliphatic heterocycles. The van der Waals surface area contributed by atoms with Gasteiger partial charge in [0.1, 0.15) is 11.5 Å². The van der Waals surface area contributed by atoms with Crippen LogP contribution in [-0.2, 0) is 11.3 Å². The number of hydrogen-bond donors (Lipinski definition) is 0. The van der Waals surface area contributed by atoms with Gasteiger partial charge in [0.2, 0.25) is 6.41 Å². The summed E-state index contributed by atoms with van der Waals surface area (Å²) in [7, 11) is 4.02. The minimum atomic E-state index is -0.0975. The standard InChI is InChI=1S/C17H23N3O2/c1-17(2,19(3)4)12-20(13-21)11-15-7-8-16(22-15)14-6-5-9-18-10-14/h5-10,13H,11-12H2,1-4H3. The van der Waals surface area contributed by atoms with Gasteiger partial charge in [-0.2, -0.15) is 0 Å². The molecule has 2 rings (SSSR count). The maximum Gasteiger partial charge on any atom is 0.210 e. The first-order chi connectivity index (χ1) is 10.4. The van der Waals surface area contributed by atoms with Crippen LogP contribution in [0.25, 0.3) is 11.3 Å². The summed E-state index contributed by atoms with van der Waals surface area (Å²) in [5.74, 6) is 1.53. The van der Waals surface area contributed by atoms with Gasteiger partial charge in [0.15, 0.2) is 0 Å². The van der Waals surface area contributed by atoms with Gasteiger partial charge in [0.25, 0.3) is 0 Å². The highest BCUT2D eigenvalue weighted by Crippen LogP contribution is 2.22. The summed E-state index contributed by atoms with van der Waals surface area (Å²) in [5.41, 5.74) is 0.833. The molecule has 0 atom stereocenters. The monoisotopic (exact) mass is 301 g/mol. The van der Waals surface area contributed by atoms with Crippen molar-refractivity contribution < 1.29 is 9.21 Å². The van der Waals surface area contributed by atoms with Crippen LogP contribution in [0.3, 0.4) is 0 Å². The third-order valence-electron chi connectivity index (χ3n) is 3.92. The van der Waals surface area contributed by atoms with E-state index >= 15 is 0 Å². The van der Waals surface area contributed by atoms with Crippen LogP contribution in [0.5, 0.6) is 0 Å². The number of rotatable bonds is 7. The van der Waals surface area contributed by atoms with E-state index in [-0.39, 0.29) is 5.54 Å². The second-order valence-corrected chi connectivity index (χ2v) is 6.22. The zero-order chi connectivity index (χ0) is 16.2. The molecule has 0 aromatic carbocycles. The van der Waals surface area contributed by atoms with Crippen molar-refractivity contribution in [3.63, 3.8) is 0 Å². The molecule has 0 spiro atoms. The first-order valence-corrected chi connectivity index (χ1v) is 7.28. The first-order valence-electron chi connectivity index (χ1n) is 7.28. The highest BCUT2D eigenvalue weighted by atomic mass is 16.3. The summed E-state index contributed by atoms with van der Waals surface area (Å²) >= 11 is 0. The third-order valence-corrected chi connectivity index (χ3v) is 3.92. The summed E-state index contributed by atoms with van der Waals surface area (Å²) in [6.07, 6.45) is 4.36. The van der Waals surface area contributed by atoms with Crippen molar-refractivity contribution in [1.29, 1.82) is 0 Å². The Bertz CT molecular complexity index is 605. The Morgan fingerprint density at radius 1 is 1.27 bits per heavy atom. The van der Waals surface area contributed by atoms with Gasteiger partial charge >= 0.3 is 0 Å². The smallest absolute Gasteiger partial charge is 0.210 e. The molecule has 0 aliphatic rings. The largest absolute Gasteiger partial charge is 0.459 e. The van der Waals surface area contributed by atoms with Crippen LogP contribution in [0.15, 0.2) is 41.1 Å². The fourth-order valence-corrected chi connectivity index (χ4v) is 2.10. The molecule has 2 aromatic heterocycles. The average molecular weight is 301 g/mol. The van der Waals surface area contributed by atoms with E-state index in [2.05, 4.69) is 23.7 Å². The first kappa shape index (κ1) is 16.2. The molecule has 5 heteroatoms. The lowest BCUT2D eigenvalue weighted by atomic mass is 10.0. The number of pyridine rings is 1. The number of aromatic nitrogens is 1. The Hall–Kier alpha value is -2.14. The van der Waals surface area contributed by atoms with E-state index < -0.39 is 0 Å². The fourth-order valence-electron chi connectivity index (χ4n) is 2.10. The van der Waals surface area contributed by atoms with E-state index in [9.17, 15) is 4.79 Å². The molecule has 118 valence electrons. The summed E-state index contributed by atoms with van der Waals surface area (Å²) < 4.78 is 5.82. The molecule has 0 saturated carbocycles. The van der Waals surface area contributed by atoms with Gasteiger partial charge in [-0.15, -0.1) is 0 Å². The van der Waals surface area contributed by atoms with Crippen molar-refractivity contribution in [2.45, 2.75) is 25.9 Å². The molecule has 2 aromatic rings.